The fraction of sp³-hybridized carbons (Fsp3) is 0.375. The molecule has 1 fully saturated rings. The van der Waals surface area contributed by atoms with Gasteiger partial charge in [-0.1, -0.05) is 27.5 Å². The molecule has 23 heavy (non-hydrogen) atoms. The average Bonchev–Trinajstić information content (AvgIpc) is 2.55. The van der Waals surface area contributed by atoms with E-state index in [-0.39, 0.29) is 11.9 Å². The van der Waals surface area contributed by atoms with Crippen molar-refractivity contribution in [2.45, 2.75) is 13.0 Å². The molecule has 122 valence electrons. The van der Waals surface area contributed by atoms with E-state index in [2.05, 4.69) is 26.2 Å². The van der Waals surface area contributed by atoms with Crippen molar-refractivity contribution in [1.29, 1.82) is 0 Å². The van der Waals surface area contributed by atoms with Gasteiger partial charge in [0.25, 0.3) is 0 Å². The van der Waals surface area contributed by atoms with Crippen LogP contribution < -0.4 is 5.32 Å². The van der Waals surface area contributed by atoms with E-state index >= 15 is 0 Å². The Kier molecular flexibility index (Phi) is 5.04. The molecular weight excluding hydrogens is 382 g/mol. The molecule has 1 N–H and O–H groups in total. The lowest BCUT2D eigenvalue weighted by Gasteiger charge is -2.29. The van der Waals surface area contributed by atoms with Gasteiger partial charge in [0.2, 0.25) is 5.91 Å². The number of carbonyl (C=O) groups excluding carboxylic acids is 1. The van der Waals surface area contributed by atoms with E-state index in [1.54, 1.807) is 0 Å². The Morgan fingerprint density at radius 1 is 1.39 bits per heavy atom. The Morgan fingerprint density at radius 3 is 2.87 bits per heavy atom. The highest BCUT2D eigenvalue weighted by atomic mass is 79.9. The van der Waals surface area contributed by atoms with Crippen LogP contribution in [-0.4, -0.2) is 48.1 Å². The molecule has 1 aliphatic rings. The number of amides is 1. The molecule has 1 unspecified atom stereocenters. The number of ether oxygens (including phenoxy) is 1. The first-order valence-electron chi connectivity index (χ1n) is 7.43. The highest BCUT2D eigenvalue weighted by Crippen LogP contribution is 2.28. The minimum Gasteiger partial charge on any atom is -0.378 e. The van der Waals surface area contributed by atoms with Crippen molar-refractivity contribution in [1.82, 2.24) is 9.88 Å². The van der Waals surface area contributed by atoms with E-state index < -0.39 is 0 Å². The van der Waals surface area contributed by atoms with Gasteiger partial charge in [0, 0.05) is 22.9 Å². The molecule has 3 rings (SSSR count). The van der Waals surface area contributed by atoms with Gasteiger partial charge in [-0.25, -0.2) is 4.98 Å². The molecule has 1 atom stereocenters. The first kappa shape index (κ1) is 16.5. The summed E-state index contributed by atoms with van der Waals surface area (Å²) in [6, 6.07) is 7.21. The molecule has 1 saturated heterocycles. The van der Waals surface area contributed by atoms with E-state index in [0.29, 0.717) is 42.7 Å². The van der Waals surface area contributed by atoms with Crippen LogP contribution in [0.25, 0.3) is 10.9 Å². The summed E-state index contributed by atoms with van der Waals surface area (Å²) in [4.78, 5) is 18.8. The lowest BCUT2D eigenvalue weighted by Crippen LogP contribution is -2.47. The second-order valence-electron chi connectivity index (χ2n) is 5.46. The third-order valence-electron chi connectivity index (χ3n) is 3.77. The van der Waals surface area contributed by atoms with Gasteiger partial charge in [0.15, 0.2) is 0 Å². The maximum absolute atomic E-state index is 12.4. The number of hydrogen-bond donors (Lipinski definition) is 1. The van der Waals surface area contributed by atoms with Crippen LogP contribution >= 0.6 is 27.5 Å². The zero-order valence-electron chi connectivity index (χ0n) is 12.7. The number of halogens is 2. The van der Waals surface area contributed by atoms with Crippen molar-refractivity contribution in [2.24, 2.45) is 0 Å². The normalized spacial score (nSPS) is 16.4. The zero-order chi connectivity index (χ0) is 16.4. The van der Waals surface area contributed by atoms with Crippen LogP contribution in [0.15, 0.2) is 28.7 Å². The van der Waals surface area contributed by atoms with Crippen LogP contribution in [0.3, 0.4) is 0 Å². The molecule has 0 radical (unpaired) electrons. The summed E-state index contributed by atoms with van der Waals surface area (Å²) >= 11 is 9.66. The van der Waals surface area contributed by atoms with Crippen molar-refractivity contribution in [2.75, 3.05) is 31.6 Å². The first-order valence-corrected chi connectivity index (χ1v) is 8.60. The van der Waals surface area contributed by atoms with Crippen molar-refractivity contribution in [3.8, 4) is 0 Å². The number of aromatic nitrogens is 1. The van der Waals surface area contributed by atoms with Crippen LogP contribution in [0, 0.1) is 0 Å². The summed E-state index contributed by atoms with van der Waals surface area (Å²) in [6.07, 6.45) is 0. The maximum atomic E-state index is 12.4. The van der Waals surface area contributed by atoms with Crippen LogP contribution in [0.5, 0.6) is 0 Å². The number of hydrogen-bond acceptors (Lipinski definition) is 4. The molecule has 2 heterocycles. The number of fused-ring (bicyclic) bond motifs is 1. The zero-order valence-corrected chi connectivity index (χ0v) is 15.0. The highest BCUT2D eigenvalue weighted by Gasteiger charge is 2.22. The molecule has 0 bridgehead atoms. The SMILES string of the molecule is CC(Nc1ccc2cc(Br)cc(Cl)c2n1)C(=O)N1CCOCC1. The molecule has 0 aliphatic carbocycles. The highest BCUT2D eigenvalue weighted by molar-refractivity contribution is 9.10. The topological polar surface area (TPSA) is 54.5 Å². The Balaban J connectivity index is 1.76. The molecule has 1 amide bonds. The number of carbonyl (C=O) groups is 1. The van der Waals surface area contributed by atoms with Gasteiger partial charge < -0.3 is 15.0 Å². The summed E-state index contributed by atoms with van der Waals surface area (Å²) < 4.78 is 6.18. The van der Waals surface area contributed by atoms with Crippen LogP contribution in [0.2, 0.25) is 5.02 Å². The van der Waals surface area contributed by atoms with Gasteiger partial charge in [-0.2, -0.15) is 0 Å². The summed E-state index contributed by atoms with van der Waals surface area (Å²) in [5.74, 6) is 0.688. The number of benzene rings is 1. The summed E-state index contributed by atoms with van der Waals surface area (Å²) in [5, 5.41) is 4.68. The molecular formula is C16H17BrClN3O2. The number of morpholine rings is 1. The fourth-order valence-electron chi connectivity index (χ4n) is 2.58. The number of pyridine rings is 1. The molecule has 0 spiro atoms. The first-order chi connectivity index (χ1) is 11.0. The largest absolute Gasteiger partial charge is 0.378 e. The predicted molar refractivity (Wildman–Crippen MR) is 94.9 cm³/mol. The maximum Gasteiger partial charge on any atom is 0.244 e. The van der Waals surface area contributed by atoms with Crippen LogP contribution in [0.4, 0.5) is 5.82 Å². The lowest BCUT2D eigenvalue weighted by atomic mass is 10.2. The van der Waals surface area contributed by atoms with Crippen molar-refractivity contribution < 1.29 is 9.53 Å². The minimum atomic E-state index is -0.354. The third-order valence-corrected chi connectivity index (χ3v) is 4.51. The summed E-state index contributed by atoms with van der Waals surface area (Å²) in [7, 11) is 0. The second kappa shape index (κ2) is 7.03. The van der Waals surface area contributed by atoms with E-state index in [1.165, 1.54) is 0 Å². The van der Waals surface area contributed by atoms with E-state index in [1.807, 2.05) is 36.1 Å². The minimum absolute atomic E-state index is 0.0529. The third kappa shape index (κ3) is 3.76. The summed E-state index contributed by atoms with van der Waals surface area (Å²) in [5.41, 5.74) is 0.714. The molecule has 7 heteroatoms. The monoisotopic (exact) mass is 397 g/mol. The number of anilines is 1. The van der Waals surface area contributed by atoms with Gasteiger partial charge in [0.1, 0.15) is 11.9 Å². The number of nitrogens with zero attached hydrogens (tertiary/aromatic N) is 2. The fourth-order valence-corrected chi connectivity index (χ4v) is 3.46. The number of rotatable bonds is 3. The Morgan fingerprint density at radius 2 is 2.13 bits per heavy atom. The molecule has 5 nitrogen and oxygen atoms in total. The molecule has 2 aromatic rings. The Labute approximate surface area is 148 Å². The summed E-state index contributed by atoms with van der Waals surface area (Å²) in [6.45, 7) is 4.30. The van der Waals surface area contributed by atoms with Gasteiger partial charge >= 0.3 is 0 Å². The van der Waals surface area contributed by atoms with Gasteiger partial charge in [-0.3, -0.25) is 4.79 Å². The quantitative estimate of drug-likeness (QED) is 0.862. The standard InChI is InChI=1S/C16H17BrClN3O2/c1-10(16(22)21-4-6-23-7-5-21)19-14-3-2-11-8-12(17)9-13(18)15(11)20-14/h2-3,8-10H,4-7H2,1H3,(H,19,20). The van der Waals surface area contributed by atoms with Crippen molar-refractivity contribution in [3.05, 3.63) is 33.8 Å². The van der Waals surface area contributed by atoms with Gasteiger partial charge in [0.05, 0.1) is 23.8 Å². The van der Waals surface area contributed by atoms with Crippen molar-refractivity contribution in [3.63, 3.8) is 0 Å². The van der Waals surface area contributed by atoms with Gasteiger partial charge in [-0.15, -0.1) is 0 Å². The van der Waals surface area contributed by atoms with Crippen LogP contribution in [0.1, 0.15) is 6.92 Å². The molecule has 0 saturated carbocycles. The Bertz CT molecular complexity index is 735. The molecule has 1 aromatic carbocycles. The van der Waals surface area contributed by atoms with E-state index in [4.69, 9.17) is 16.3 Å². The van der Waals surface area contributed by atoms with Crippen LogP contribution in [-0.2, 0) is 9.53 Å². The van der Waals surface area contributed by atoms with Gasteiger partial charge in [-0.05, 0) is 31.2 Å². The second-order valence-corrected chi connectivity index (χ2v) is 6.78. The molecule has 1 aromatic heterocycles. The molecule has 1 aliphatic heterocycles. The van der Waals surface area contributed by atoms with Crippen molar-refractivity contribution >= 4 is 50.2 Å². The predicted octanol–water partition coefficient (Wildman–Crippen LogP) is 3.31. The lowest BCUT2D eigenvalue weighted by molar-refractivity contribution is -0.135. The number of nitrogens with one attached hydrogen (secondary N) is 1. The van der Waals surface area contributed by atoms with E-state index in [0.717, 1.165) is 9.86 Å². The van der Waals surface area contributed by atoms with E-state index in [9.17, 15) is 4.79 Å². The Hall–Kier alpha value is -1.37. The smallest absolute Gasteiger partial charge is 0.244 e. The average molecular weight is 399 g/mol.